The third kappa shape index (κ3) is 3.06. The van der Waals surface area contributed by atoms with Crippen molar-refractivity contribution in [2.45, 2.75) is 18.9 Å². The average Bonchev–Trinajstić information content (AvgIpc) is 2.91. The summed E-state index contributed by atoms with van der Waals surface area (Å²) in [6.07, 6.45) is 6.03. The molecule has 2 aromatic heterocycles. The van der Waals surface area contributed by atoms with Gasteiger partial charge in [-0.25, -0.2) is 4.98 Å². The van der Waals surface area contributed by atoms with Gasteiger partial charge in [0.05, 0.1) is 27.8 Å². The number of halogens is 1. The standard InChI is InChI=1S/C15H22BrN5O/c1-22-6-4-18-12-8-20-15-13(12)14(11(16)7-19-15)21-5-2-3-10(17)9-21/h7-8,10,18H,2-6,9,17H2,1H3,(H,19,20)/t10-/m1/s1. The number of ether oxygens (including phenoxy) is 1. The van der Waals surface area contributed by atoms with E-state index < -0.39 is 0 Å². The summed E-state index contributed by atoms with van der Waals surface area (Å²) in [5.41, 5.74) is 9.26. The van der Waals surface area contributed by atoms with Crippen LogP contribution in [0.2, 0.25) is 0 Å². The molecule has 120 valence electrons. The van der Waals surface area contributed by atoms with Crippen molar-refractivity contribution in [2.24, 2.45) is 5.73 Å². The van der Waals surface area contributed by atoms with Crippen molar-refractivity contribution in [1.82, 2.24) is 9.97 Å². The number of pyridine rings is 1. The van der Waals surface area contributed by atoms with Crippen LogP contribution in [0.25, 0.3) is 11.0 Å². The summed E-state index contributed by atoms with van der Waals surface area (Å²) in [7, 11) is 1.70. The van der Waals surface area contributed by atoms with E-state index in [1.807, 2.05) is 12.4 Å². The molecule has 7 heteroatoms. The van der Waals surface area contributed by atoms with Gasteiger partial charge in [-0.1, -0.05) is 0 Å². The van der Waals surface area contributed by atoms with Gasteiger partial charge in [0.25, 0.3) is 0 Å². The predicted octanol–water partition coefficient (Wildman–Crippen LogP) is 2.31. The molecule has 22 heavy (non-hydrogen) atoms. The summed E-state index contributed by atoms with van der Waals surface area (Å²) < 4.78 is 6.12. The van der Waals surface area contributed by atoms with Crippen molar-refractivity contribution < 1.29 is 4.74 Å². The Balaban J connectivity index is 1.99. The van der Waals surface area contributed by atoms with Gasteiger partial charge >= 0.3 is 0 Å². The predicted molar refractivity (Wildman–Crippen MR) is 93.6 cm³/mol. The smallest absolute Gasteiger partial charge is 0.141 e. The topological polar surface area (TPSA) is 79.2 Å². The molecule has 3 rings (SSSR count). The summed E-state index contributed by atoms with van der Waals surface area (Å²) in [4.78, 5) is 10.1. The molecular weight excluding hydrogens is 346 g/mol. The quantitative estimate of drug-likeness (QED) is 0.706. The van der Waals surface area contributed by atoms with Gasteiger partial charge in [-0.3, -0.25) is 0 Å². The maximum absolute atomic E-state index is 6.16. The van der Waals surface area contributed by atoms with Crippen LogP contribution in [0.3, 0.4) is 0 Å². The Morgan fingerprint density at radius 3 is 3.23 bits per heavy atom. The minimum atomic E-state index is 0.229. The Kier molecular flexibility index (Phi) is 4.85. The maximum Gasteiger partial charge on any atom is 0.141 e. The monoisotopic (exact) mass is 367 g/mol. The average molecular weight is 368 g/mol. The number of rotatable bonds is 5. The molecule has 0 bridgehead atoms. The number of fused-ring (bicyclic) bond motifs is 1. The van der Waals surface area contributed by atoms with Crippen LogP contribution in [0, 0.1) is 0 Å². The van der Waals surface area contributed by atoms with E-state index in [-0.39, 0.29) is 6.04 Å². The van der Waals surface area contributed by atoms with Crippen LogP contribution < -0.4 is 16.0 Å². The van der Waals surface area contributed by atoms with Gasteiger partial charge in [-0.15, -0.1) is 0 Å². The number of nitrogens with two attached hydrogens (primary N) is 1. The second-order valence-corrected chi connectivity index (χ2v) is 6.50. The highest BCUT2D eigenvalue weighted by Gasteiger charge is 2.23. The second kappa shape index (κ2) is 6.85. The number of hydrogen-bond acceptors (Lipinski definition) is 5. The molecule has 0 spiro atoms. The number of H-pyrrole nitrogens is 1. The van der Waals surface area contributed by atoms with E-state index in [1.54, 1.807) is 7.11 Å². The Bertz CT molecular complexity index is 644. The van der Waals surface area contributed by atoms with Crippen molar-refractivity contribution in [2.75, 3.05) is 43.6 Å². The normalized spacial score (nSPS) is 18.9. The Morgan fingerprint density at radius 2 is 2.45 bits per heavy atom. The largest absolute Gasteiger partial charge is 0.383 e. The van der Waals surface area contributed by atoms with Crippen molar-refractivity contribution in [3.05, 3.63) is 16.9 Å². The Morgan fingerprint density at radius 1 is 1.59 bits per heavy atom. The van der Waals surface area contributed by atoms with Gasteiger partial charge in [0.15, 0.2) is 0 Å². The lowest BCUT2D eigenvalue weighted by Crippen LogP contribution is -2.43. The first-order valence-electron chi connectivity index (χ1n) is 7.59. The summed E-state index contributed by atoms with van der Waals surface area (Å²) in [5.74, 6) is 0. The third-order valence-electron chi connectivity index (χ3n) is 4.03. The summed E-state index contributed by atoms with van der Waals surface area (Å²) in [6, 6.07) is 0.229. The molecule has 0 amide bonds. The molecule has 1 atom stereocenters. The zero-order chi connectivity index (χ0) is 15.5. The number of piperidine rings is 1. The van der Waals surface area contributed by atoms with Crippen LogP contribution in [-0.4, -0.2) is 49.4 Å². The van der Waals surface area contributed by atoms with E-state index in [2.05, 4.69) is 36.1 Å². The number of anilines is 2. The molecule has 0 unspecified atom stereocenters. The summed E-state index contributed by atoms with van der Waals surface area (Å²) >= 11 is 3.66. The lowest BCUT2D eigenvalue weighted by molar-refractivity contribution is 0.211. The molecule has 1 fully saturated rings. The van der Waals surface area contributed by atoms with Gasteiger partial charge in [-0.05, 0) is 28.8 Å². The molecule has 0 aliphatic carbocycles. The number of nitrogens with zero attached hydrogens (tertiary/aromatic N) is 2. The fraction of sp³-hybridized carbons (Fsp3) is 0.533. The van der Waals surface area contributed by atoms with Crippen molar-refractivity contribution in [3.8, 4) is 0 Å². The first-order chi connectivity index (χ1) is 10.7. The van der Waals surface area contributed by atoms with E-state index in [0.29, 0.717) is 6.61 Å². The molecule has 1 aliphatic rings. The first kappa shape index (κ1) is 15.6. The van der Waals surface area contributed by atoms with Crippen molar-refractivity contribution >= 4 is 38.3 Å². The number of aromatic amines is 1. The van der Waals surface area contributed by atoms with Crippen molar-refractivity contribution in [1.29, 1.82) is 0 Å². The molecule has 4 N–H and O–H groups in total. The fourth-order valence-corrected chi connectivity index (χ4v) is 3.56. The molecule has 0 radical (unpaired) electrons. The molecule has 0 aromatic carbocycles. The van der Waals surface area contributed by atoms with Crippen LogP contribution in [0.4, 0.5) is 11.4 Å². The van der Waals surface area contributed by atoms with Crippen LogP contribution in [-0.2, 0) is 4.74 Å². The molecule has 2 aromatic rings. The molecule has 6 nitrogen and oxygen atoms in total. The lowest BCUT2D eigenvalue weighted by Gasteiger charge is -2.33. The zero-order valence-corrected chi connectivity index (χ0v) is 14.3. The minimum Gasteiger partial charge on any atom is -0.383 e. The fourth-order valence-electron chi connectivity index (χ4n) is 3.01. The van der Waals surface area contributed by atoms with Crippen LogP contribution in [0.5, 0.6) is 0 Å². The highest BCUT2D eigenvalue weighted by molar-refractivity contribution is 9.10. The summed E-state index contributed by atoms with van der Waals surface area (Å²) in [5, 5.41) is 4.52. The maximum atomic E-state index is 6.16. The summed E-state index contributed by atoms with van der Waals surface area (Å²) in [6.45, 7) is 3.32. The third-order valence-corrected chi connectivity index (χ3v) is 4.61. The molecule has 0 saturated carbocycles. The van der Waals surface area contributed by atoms with Crippen LogP contribution in [0.15, 0.2) is 16.9 Å². The lowest BCUT2D eigenvalue weighted by atomic mass is 10.1. The molecule has 1 saturated heterocycles. The van der Waals surface area contributed by atoms with E-state index >= 15 is 0 Å². The van der Waals surface area contributed by atoms with E-state index in [4.69, 9.17) is 10.5 Å². The highest BCUT2D eigenvalue weighted by atomic mass is 79.9. The van der Waals surface area contributed by atoms with E-state index in [1.165, 1.54) is 5.69 Å². The van der Waals surface area contributed by atoms with Crippen LogP contribution in [0.1, 0.15) is 12.8 Å². The minimum absolute atomic E-state index is 0.229. The van der Waals surface area contributed by atoms with Gasteiger partial charge in [0.2, 0.25) is 0 Å². The SMILES string of the molecule is COCCNc1c[nH]c2ncc(Br)c(N3CCC[C@@H](N)C3)c12. The number of methoxy groups -OCH3 is 1. The van der Waals surface area contributed by atoms with Gasteiger partial charge in [0.1, 0.15) is 5.65 Å². The Labute approximate surface area is 138 Å². The molecular formula is C15H22BrN5O. The second-order valence-electron chi connectivity index (χ2n) is 5.65. The number of hydrogen-bond donors (Lipinski definition) is 3. The number of aromatic nitrogens is 2. The van der Waals surface area contributed by atoms with E-state index in [9.17, 15) is 0 Å². The Hall–Kier alpha value is -1.31. The van der Waals surface area contributed by atoms with E-state index in [0.717, 1.165) is 53.7 Å². The highest BCUT2D eigenvalue weighted by Crippen LogP contribution is 2.38. The zero-order valence-electron chi connectivity index (χ0n) is 12.7. The van der Waals surface area contributed by atoms with Gasteiger partial charge < -0.3 is 25.7 Å². The number of nitrogens with one attached hydrogen (secondary N) is 2. The van der Waals surface area contributed by atoms with Crippen molar-refractivity contribution in [3.63, 3.8) is 0 Å². The first-order valence-corrected chi connectivity index (χ1v) is 8.39. The molecule has 3 heterocycles. The van der Waals surface area contributed by atoms with Gasteiger partial charge in [-0.2, -0.15) is 0 Å². The van der Waals surface area contributed by atoms with Gasteiger partial charge in [0, 0.05) is 45.2 Å². The van der Waals surface area contributed by atoms with Crippen LogP contribution >= 0.6 is 15.9 Å². The molecule has 1 aliphatic heterocycles.